The number of nitriles is 1. The lowest BCUT2D eigenvalue weighted by Crippen LogP contribution is -2.49. The summed E-state index contributed by atoms with van der Waals surface area (Å²) >= 11 is 0. The number of benzene rings is 1. The molecular weight excluding hydrogens is 276 g/mol. The number of anilines is 1. The largest absolute Gasteiger partial charge is 0.370 e. The average molecular weight is 296 g/mol. The molecule has 5 heteroatoms. The summed E-state index contributed by atoms with van der Waals surface area (Å²) in [6, 6.07) is 10.1. The fourth-order valence-electron chi connectivity index (χ4n) is 3.11. The molecule has 2 heterocycles. The van der Waals surface area contributed by atoms with E-state index in [9.17, 15) is 5.26 Å². The van der Waals surface area contributed by atoms with Crippen LogP contribution in [0.1, 0.15) is 12.5 Å². The molecule has 1 aliphatic rings. The van der Waals surface area contributed by atoms with Gasteiger partial charge in [-0.05, 0) is 38.2 Å². The molecule has 22 heavy (non-hydrogen) atoms. The molecule has 1 aromatic heterocycles. The van der Waals surface area contributed by atoms with Crippen molar-refractivity contribution in [3.8, 4) is 6.07 Å². The van der Waals surface area contributed by atoms with Crippen molar-refractivity contribution in [2.75, 3.05) is 31.6 Å². The van der Waals surface area contributed by atoms with Crippen LogP contribution in [0, 0.1) is 11.3 Å². The number of pyridine rings is 1. The second-order valence-electron chi connectivity index (χ2n) is 5.67. The number of ether oxygens (including phenoxy) is 1. The van der Waals surface area contributed by atoms with Gasteiger partial charge in [-0.25, -0.2) is 0 Å². The van der Waals surface area contributed by atoms with E-state index in [1.165, 1.54) is 0 Å². The van der Waals surface area contributed by atoms with Crippen LogP contribution in [0.3, 0.4) is 0 Å². The molecule has 1 N–H and O–H groups in total. The van der Waals surface area contributed by atoms with E-state index >= 15 is 0 Å². The lowest BCUT2D eigenvalue weighted by atomic mass is 10.1. The normalized spacial score (nSPS) is 21.8. The van der Waals surface area contributed by atoms with Gasteiger partial charge in [-0.3, -0.25) is 4.98 Å². The summed E-state index contributed by atoms with van der Waals surface area (Å²) < 4.78 is 5.96. The number of hydrogen-bond donors (Lipinski definition) is 1. The van der Waals surface area contributed by atoms with Gasteiger partial charge in [0.1, 0.15) is 6.07 Å². The molecule has 0 aliphatic carbocycles. The highest BCUT2D eigenvalue weighted by Crippen LogP contribution is 2.30. The van der Waals surface area contributed by atoms with E-state index in [1.54, 1.807) is 6.20 Å². The van der Waals surface area contributed by atoms with Gasteiger partial charge in [0, 0.05) is 36.9 Å². The second-order valence-corrected chi connectivity index (χ2v) is 5.67. The third kappa shape index (κ3) is 2.76. The van der Waals surface area contributed by atoms with Crippen molar-refractivity contribution in [1.29, 1.82) is 5.26 Å². The fraction of sp³-hybridized carbons (Fsp3) is 0.412. The van der Waals surface area contributed by atoms with Crippen LogP contribution in [-0.2, 0) is 4.74 Å². The molecule has 0 spiro atoms. The van der Waals surface area contributed by atoms with Crippen molar-refractivity contribution in [1.82, 2.24) is 10.3 Å². The maximum atomic E-state index is 9.26. The van der Waals surface area contributed by atoms with E-state index < -0.39 is 0 Å². The van der Waals surface area contributed by atoms with Crippen molar-refractivity contribution in [3.05, 3.63) is 36.0 Å². The van der Waals surface area contributed by atoms with Crippen LogP contribution in [0.25, 0.3) is 10.9 Å². The molecule has 1 aromatic carbocycles. The molecule has 1 aliphatic heterocycles. The summed E-state index contributed by atoms with van der Waals surface area (Å²) in [5.41, 5.74) is 2.51. The Morgan fingerprint density at radius 2 is 2.27 bits per heavy atom. The molecule has 3 rings (SSSR count). The molecule has 2 aromatic rings. The van der Waals surface area contributed by atoms with Crippen LogP contribution in [0.5, 0.6) is 0 Å². The number of hydrogen-bond acceptors (Lipinski definition) is 5. The van der Waals surface area contributed by atoms with E-state index in [2.05, 4.69) is 28.2 Å². The topological polar surface area (TPSA) is 61.2 Å². The Morgan fingerprint density at radius 3 is 3.05 bits per heavy atom. The zero-order chi connectivity index (χ0) is 15.5. The first kappa shape index (κ1) is 14.8. The highest BCUT2D eigenvalue weighted by atomic mass is 16.5. The molecule has 2 atom stereocenters. The van der Waals surface area contributed by atoms with Crippen LogP contribution >= 0.6 is 0 Å². The number of likely N-dealkylation sites (N-methyl/N-ethyl adjacent to an activating group) is 1. The third-order valence-electron chi connectivity index (χ3n) is 3.97. The molecular formula is C17H20N4O. The molecule has 5 nitrogen and oxygen atoms in total. The van der Waals surface area contributed by atoms with Crippen LogP contribution < -0.4 is 10.2 Å². The number of morpholine rings is 1. The highest BCUT2D eigenvalue weighted by Gasteiger charge is 2.26. The van der Waals surface area contributed by atoms with E-state index in [0.717, 1.165) is 36.2 Å². The van der Waals surface area contributed by atoms with Gasteiger partial charge in [-0.1, -0.05) is 0 Å². The van der Waals surface area contributed by atoms with Crippen LogP contribution in [0.2, 0.25) is 0 Å². The van der Waals surface area contributed by atoms with Crippen molar-refractivity contribution >= 4 is 16.6 Å². The first-order valence-corrected chi connectivity index (χ1v) is 7.55. The Hall–Kier alpha value is -2.16. The fourth-order valence-corrected chi connectivity index (χ4v) is 3.11. The maximum Gasteiger partial charge on any atom is 0.101 e. The SMILES string of the molecule is CNC[C@H]1CN(c2ccc(C#N)c3ncccc23)CC(C)O1. The van der Waals surface area contributed by atoms with Gasteiger partial charge in [0.05, 0.1) is 23.3 Å². The smallest absolute Gasteiger partial charge is 0.101 e. The first-order valence-electron chi connectivity index (χ1n) is 7.55. The molecule has 0 amide bonds. The lowest BCUT2D eigenvalue weighted by molar-refractivity contribution is -0.0137. The highest BCUT2D eigenvalue weighted by molar-refractivity contribution is 5.95. The van der Waals surface area contributed by atoms with Crippen molar-refractivity contribution in [2.24, 2.45) is 0 Å². The van der Waals surface area contributed by atoms with Crippen LogP contribution in [-0.4, -0.2) is 43.9 Å². The van der Waals surface area contributed by atoms with Gasteiger partial charge in [-0.2, -0.15) is 5.26 Å². The number of rotatable bonds is 3. The van der Waals surface area contributed by atoms with Crippen LogP contribution in [0.4, 0.5) is 5.69 Å². The molecule has 0 radical (unpaired) electrons. The minimum absolute atomic E-state index is 0.163. The standard InChI is InChI=1S/C17H20N4O/c1-12-10-21(11-14(22-12)9-19-2)16-6-5-13(8-18)17-15(16)4-3-7-20-17/h3-7,12,14,19H,9-11H2,1-2H3/t12?,14-/m0/s1. The van der Waals surface area contributed by atoms with Gasteiger partial charge in [0.15, 0.2) is 0 Å². The summed E-state index contributed by atoms with van der Waals surface area (Å²) in [5.74, 6) is 0. The number of nitrogens with zero attached hydrogens (tertiary/aromatic N) is 3. The van der Waals surface area contributed by atoms with Crippen molar-refractivity contribution < 1.29 is 4.74 Å². The third-order valence-corrected chi connectivity index (χ3v) is 3.97. The lowest BCUT2D eigenvalue weighted by Gasteiger charge is -2.38. The zero-order valence-electron chi connectivity index (χ0n) is 12.9. The Bertz CT molecular complexity index is 709. The average Bonchev–Trinajstić information content (AvgIpc) is 2.53. The Balaban J connectivity index is 2.01. The minimum Gasteiger partial charge on any atom is -0.370 e. The quantitative estimate of drug-likeness (QED) is 0.937. The number of fused-ring (bicyclic) bond motifs is 1. The summed E-state index contributed by atoms with van der Waals surface area (Å²) in [6.07, 6.45) is 2.07. The molecule has 114 valence electrons. The summed E-state index contributed by atoms with van der Waals surface area (Å²) in [5, 5.41) is 13.5. The molecule has 1 unspecified atom stereocenters. The summed E-state index contributed by atoms with van der Waals surface area (Å²) in [6.45, 7) is 4.60. The summed E-state index contributed by atoms with van der Waals surface area (Å²) in [4.78, 5) is 6.72. The molecule has 0 bridgehead atoms. The van der Waals surface area contributed by atoms with Gasteiger partial charge in [-0.15, -0.1) is 0 Å². The molecule has 1 saturated heterocycles. The van der Waals surface area contributed by atoms with Crippen molar-refractivity contribution in [2.45, 2.75) is 19.1 Å². The van der Waals surface area contributed by atoms with E-state index in [4.69, 9.17) is 4.74 Å². The Labute approximate surface area is 130 Å². The van der Waals surface area contributed by atoms with Gasteiger partial charge in [0.25, 0.3) is 0 Å². The monoisotopic (exact) mass is 296 g/mol. The predicted molar refractivity (Wildman–Crippen MR) is 86.9 cm³/mol. The van der Waals surface area contributed by atoms with Gasteiger partial charge < -0.3 is 15.0 Å². The summed E-state index contributed by atoms with van der Waals surface area (Å²) in [7, 11) is 1.94. The predicted octanol–water partition coefficient (Wildman–Crippen LogP) is 1.92. The maximum absolute atomic E-state index is 9.26. The minimum atomic E-state index is 0.163. The zero-order valence-corrected chi connectivity index (χ0v) is 12.9. The Morgan fingerprint density at radius 1 is 1.41 bits per heavy atom. The van der Waals surface area contributed by atoms with Gasteiger partial charge >= 0.3 is 0 Å². The molecule has 1 fully saturated rings. The second kappa shape index (κ2) is 6.30. The first-order chi connectivity index (χ1) is 10.7. The number of nitrogens with one attached hydrogen (secondary N) is 1. The van der Waals surface area contributed by atoms with Crippen LogP contribution in [0.15, 0.2) is 30.5 Å². The van der Waals surface area contributed by atoms with E-state index in [0.29, 0.717) is 5.56 Å². The van der Waals surface area contributed by atoms with Gasteiger partial charge in [0.2, 0.25) is 0 Å². The van der Waals surface area contributed by atoms with E-state index in [1.807, 2.05) is 31.3 Å². The molecule has 0 saturated carbocycles. The van der Waals surface area contributed by atoms with E-state index in [-0.39, 0.29) is 12.2 Å². The number of aromatic nitrogens is 1. The van der Waals surface area contributed by atoms with Crippen molar-refractivity contribution in [3.63, 3.8) is 0 Å². The Kier molecular flexibility index (Phi) is 4.23.